The second-order valence-electron chi connectivity index (χ2n) is 7.51. The van der Waals surface area contributed by atoms with Crippen LogP contribution >= 0.6 is 0 Å². The number of piperidine rings is 1. The largest absolute Gasteiger partial charge is 0.491 e. The minimum Gasteiger partial charge on any atom is -0.491 e. The number of nitrogens with zero attached hydrogens (tertiary/aromatic N) is 3. The molecule has 5 nitrogen and oxygen atoms in total. The predicted molar refractivity (Wildman–Crippen MR) is 107 cm³/mol. The molecule has 152 valence electrons. The number of fused-ring (bicyclic) bond motifs is 1. The Morgan fingerprint density at radius 3 is 2.69 bits per heavy atom. The van der Waals surface area contributed by atoms with Crippen LogP contribution in [0.3, 0.4) is 0 Å². The van der Waals surface area contributed by atoms with Gasteiger partial charge in [-0.05, 0) is 53.6 Å². The zero-order chi connectivity index (χ0) is 20.3. The maximum Gasteiger partial charge on any atom is 0.260 e. The van der Waals surface area contributed by atoms with Crippen LogP contribution in [0.4, 0.5) is 8.78 Å². The Balaban J connectivity index is 1.37. The highest BCUT2D eigenvalue weighted by Crippen LogP contribution is 2.28. The summed E-state index contributed by atoms with van der Waals surface area (Å²) in [7, 11) is 0. The maximum absolute atomic E-state index is 13.5. The van der Waals surface area contributed by atoms with Gasteiger partial charge in [0.05, 0.1) is 18.9 Å². The number of aliphatic hydroxyl groups excluding tert-OH is 1. The van der Waals surface area contributed by atoms with Crippen LogP contribution in [-0.4, -0.2) is 58.5 Å². The molecule has 1 unspecified atom stereocenters. The van der Waals surface area contributed by atoms with Crippen molar-refractivity contribution >= 4 is 10.8 Å². The molecule has 29 heavy (non-hydrogen) atoms. The van der Waals surface area contributed by atoms with Gasteiger partial charge in [-0.25, -0.2) is 8.78 Å². The Morgan fingerprint density at radius 1 is 1.07 bits per heavy atom. The number of halogens is 2. The van der Waals surface area contributed by atoms with Gasteiger partial charge in [0.25, 0.3) is 5.92 Å². The number of ether oxygens (including phenoxy) is 1. The summed E-state index contributed by atoms with van der Waals surface area (Å²) in [6.07, 6.45) is 2.93. The van der Waals surface area contributed by atoms with Crippen molar-refractivity contribution in [3.63, 3.8) is 0 Å². The normalized spacial score (nSPS) is 17.9. The quantitative estimate of drug-likeness (QED) is 0.684. The Kier molecular flexibility index (Phi) is 5.69. The summed E-state index contributed by atoms with van der Waals surface area (Å²) in [6.45, 7) is 0.536. The number of hydrogen-bond acceptors (Lipinski definition) is 5. The Hall–Kier alpha value is -2.64. The molecular formula is C22H23F2N3O2. The number of benzene rings is 2. The van der Waals surface area contributed by atoms with Crippen LogP contribution in [0.1, 0.15) is 12.8 Å². The molecule has 2 heterocycles. The lowest BCUT2D eigenvalue weighted by Gasteiger charge is -2.33. The molecule has 4 rings (SSSR count). The van der Waals surface area contributed by atoms with E-state index in [1.807, 2.05) is 36.4 Å². The van der Waals surface area contributed by atoms with Gasteiger partial charge in [0.15, 0.2) is 0 Å². The van der Waals surface area contributed by atoms with E-state index >= 15 is 0 Å². The molecular weight excluding hydrogens is 376 g/mol. The average Bonchev–Trinajstić information content (AvgIpc) is 2.71. The fourth-order valence-corrected chi connectivity index (χ4v) is 3.70. The van der Waals surface area contributed by atoms with Gasteiger partial charge >= 0.3 is 0 Å². The molecule has 0 saturated carbocycles. The maximum atomic E-state index is 13.5. The molecule has 0 spiro atoms. The van der Waals surface area contributed by atoms with E-state index in [2.05, 4.69) is 16.3 Å². The molecule has 1 N–H and O–H groups in total. The first kappa shape index (κ1) is 19.7. The average molecular weight is 399 g/mol. The lowest BCUT2D eigenvalue weighted by atomic mass is 10.0. The third kappa shape index (κ3) is 5.05. The molecule has 0 bridgehead atoms. The van der Waals surface area contributed by atoms with Crippen molar-refractivity contribution in [3.8, 4) is 16.9 Å². The molecule has 2 aromatic carbocycles. The molecule has 0 amide bonds. The van der Waals surface area contributed by atoms with E-state index in [1.165, 1.54) is 0 Å². The van der Waals surface area contributed by atoms with Crippen LogP contribution < -0.4 is 4.74 Å². The van der Waals surface area contributed by atoms with Crippen LogP contribution in [0.5, 0.6) is 5.75 Å². The summed E-state index contributed by atoms with van der Waals surface area (Å²) in [5.41, 5.74) is 2.04. The third-order valence-electron chi connectivity index (χ3n) is 5.11. The molecule has 1 aromatic heterocycles. The first-order chi connectivity index (χ1) is 14.0. The summed E-state index contributed by atoms with van der Waals surface area (Å²) < 4.78 is 32.7. The highest BCUT2D eigenvalue weighted by molar-refractivity contribution is 5.88. The van der Waals surface area contributed by atoms with E-state index < -0.39 is 12.0 Å². The summed E-state index contributed by atoms with van der Waals surface area (Å²) >= 11 is 0. The van der Waals surface area contributed by atoms with E-state index in [0.29, 0.717) is 18.7 Å². The van der Waals surface area contributed by atoms with E-state index in [1.54, 1.807) is 17.3 Å². The van der Waals surface area contributed by atoms with Gasteiger partial charge in [-0.15, -0.1) is 0 Å². The van der Waals surface area contributed by atoms with Gasteiger partial charge in [0.2, 0.25) is 0 Å². The van der Waals surface area contributed by atoms with Crippen molar-refractivity contribution < 1.29 is 18.6 Å². The SMILES string of the molecule is OC(COc1ccc2cc(-c3ccnnc3)ccc2c1)CN1CCCC(F)(F)C1. The summed E-state index contributed by atoms with van der Waals surface area (Å²) in [4.78, 5) is 1.60. The van der Waals surface area contributed by atoms with Gasteiger partial charge in [-0.3, -0.25) is 4.90 Å². The molecule has 1 saturated heterocycles. The fraction of sp³-hybridized carbons (Fsp3) is 0.364. The molecule has 7 heteroatoms. The highest BCUT2D eigenvalue weighted by atomic mass is 19.3. The second kappa shape index (κ2) is 8.39. The smallest absolute Gasteiger partial charge is 0.260 e. The van der Waals surface area contributed by atoms with Crippen LogP contribution in [0.2, 0.25) is 0 Å². The number of rotatable bonds is 6. The van der Waals surface area contributed by atoms with Crippen LogP contribution in [-0.2, 0) is 0 Å². The molecule has 1 atom stereocenters. The van der Waals surface area contributed by atoms with Crippen LogP contribution in [0.25, 0.3) is 21.9 Å². The molecule has 1 aliphatic heterocycles. The van der Waals surface area contributed by atoms with Gasteiger partial charge < -0.3 is 9.84 Å². The van der Waals surface area contributed by atoms with Crippen LogP contribution in [0, 0.1) is 0 Å². The number of hydrogen-bond donors (Lipinski definition) is 1. The molecule has 1 aliphatic rings. The highest BCUT2D eigenvalue weighted by Gasteiger charge is 2.35. The second-order valence-corrected chi connectivity index (χ2v) is 7.51. The van der Waals surface area contributed by atoms with Gasteiger partial charge in [0.1, 0.15) is 18.5 Å². The van der Waals surface area contributed by atoms with E-state index in [4.69, 9.17) is 4.74 Å². The molecule has 0 radical (unpaired) electrons. The zero-order valence-corrected chi connectivity index (χ0v) is 16.0. The number of β-amino-alcohol motifs (C(OH)–C–C–N with tert-alkyl or cyclic N) is 1. The van der Waals surface area contributed by atoms with Crippen molar-refractivity contribution in [2.75, 3.05) is 26.2 Å². The first-order valence-electron chi connectivity index (χ1n) is 9.70. The van der Waals surface area contributed by atoms with Crippen molar-refractivity contribution in [2.24, 2.45) is 0 Å². The number of alkyl halides is 2. The lowest BCUT2D eigenvalue weighted by Crippen LogP contribution is -2.46. The fourth-order valence-electron chi connectivity index (χ4n) is 3.70. The van der Waals surface area contributed by atoms with Gasteiger partial charge in [0, 0.05) is 18.5 Å². The molecule has 1 fully saturated rings. The van der Waals surface area contributed by atoms with Gasteiger partial charge in [-0.1, -0.05) is 18.2 Å². The minimum absolute atomic E-state index is 0.0638. The summed E-state index contributed by atoms with van der Waals surface area (Å²) in [5.74, 6) is -2.03. The standard InChI is InChI=1S/C22H23F2N3O2/c23-22(24)7-1-9-27(15-22)13-20(28)14-29-21-5-4-16-10-17(2-3-18(16)11-21)19-6-8-25-26-12-19/h2-6,8,10-12,20,28H,1,7,9,13-15H2. The summed E-state index contributed by atoms with van der Waals surface area (Å²) in [6, 6.07) is 13.7. The Labute approximate surface area is 167 Å². The van der Waals surface area contributed by atoms with E-state index in [9.17, 15) is 13.9 Å². The zero-order valence-electron chi connectivity index (χ0n) is 16.0. The van der Waals surface area contributed by atoms with Crippen molar-refractivity contribution in [2.45, 2.75) is 24.9 Å². The lowest BCUT2D eigenvalue weighted by molar-refractivity contribution is -0.0737. The van der Waals surface area contributed by atoms with Crippen molar-refractivity contribution in [1.82, 2.24) is 15.1 Å². The Bertz CT molecular complexity index is 969. The molecule has 0 aliphatic carbocycles. The van der Waals surface area contributed by atoms with E-state index in [-0.39, 0.29) is 26.1 Å². The minimum atomic E-state index is -2.66. The Morgan fingerprint density at radius 2 is 1.90 bits per heavy atom. The predicted octanol–water partition coefficient (Wildman–Crippen LogP) is 3.77. The van der Waals surface area contributed by atoms with Crippen molar-refractivity contribution in [1.29, 1.82) is 0 Å². The topological polar surface area (TPSA) is 58.5 Å². The third-order valence-corrected chi connectivity index (χ3v) is 5.11. The van der Waals surface area contributed by atoms with Crippen molar-refractivity contribution in [3.05, 3.63) is 54.9 Å². The number of aromatic nitrogens is 2. The molecule has 3 aromatic rings. The van der Waals surface area contributed by atoms with Gasteiger partial charge in [-0.2, -0.15) is 10.2 Å². The number of likely N-dealkylation sites (tertiary alicyclic amines) is 1. The van der Waals surface area contributed by atoms with Crippen LogP contribution in [0.15, 0.2) is 54.9 Å². The number of aliphatic hydroxyl groups is 1. The monoisotopic (exact) mass is 399 g/mol. The first-order valence-corrected chi connectivity index (χ1v) is 9.70. The van der Waals surface area contributed by atoms with E-state index in [0.717, 1.165) is 21.9 Å². The summed E-state index contributed by atoms with van der Waals surface area (Å²) in [5, 5.41) is 20.0.